The molecule has 6 nitrogen and oxygen atoms in total. The number of aromatic nitrogens is 1. The number of aromatic hydroxyl groups is 1. The van der Waals surface area contributed by atoms with E-state index in [0.29, 0.717) is 37.1 Å². The lowest BCUT2D eigenvalue weighted by molar-refractivity contribution is -0.168. The number of likely N-dealkylation sites (N-methyl/N-ethyl adjacent to an activating group) is 1. The fourth-order valence-electron chi connectivity index (χ4n) is 8.15. The second-order valence-corrected chi connectivity index (χ2v) is 10.7. The zero-order valence-corrected chi connectivity index (χ0v) is 18.3. The van der Waals surface area contributed by atoms with Crippen LogP contribution in [0.4, 0.5) is 4.39 Å². The Kier molecular flexibility index (Phi) is 3.15. The summed E-state index contributed by atoms with van der Waals surface area (Å²) in [4.78, 5) is 2.24. The predicted molar refractivity (Wildman–Crippen MR) is 118 cm³/mol. The first kappa shape index (κ1) is 18.8. The van der Waals surface area contributed by atoms with Crippen molar-refractivity contribution in [3.63, 3.8) is 0 Å². The lowest BCUT2D eigenvalue weighted by Crippen LogP contribution is -2.74. The fraction of sp³-hybridized carbons (Fsp3) is 0.462. The van der Waals surface area contributed by atoms with Crippen LogP contribution in [0.2, 0.25) is 0 Å². The smallest absolute Gasteiger partial charge is 0.166 e. The number of ether oxygens (including phenoxy) is 1. The molecule has 2 aliphatic carbocycles. The van der Waals surface area contributed by atoms with Gasteiger partial charge in [-0.2, -0.15) is 0 Å². The molecular weight excluding hydrogens is 423 g/mol. The number of nitrogens with zero attached hydrogens (tertiary/aromatic N) is 2. The van der Waals surface area contributed by atoms with E-state index in [-0.39, 0.29) is 17.6 Å². The minimum absolute atomic E-state index is 0.101. The minimum Gasteiger partial charge on any atom is -0.504 e. The van der Waals surface area contributed by atoms with Gasteiger partial charge in [0, 0.05) is 35.5 Å². The highest BCUT2D eigenvalue weighted by molar-refractivity contribution is 5.90. The van der Waals surface area contributed by atoms with Crippen LogP contribution in [-0.4, -0.2) is 50.0 Å². The van der Waals surface area contributed by atoms with E-state index in [4.69, 9.17) is 4.74 Å². The monoisotopic (exact) mass is 448 g/mol. The van der Waals surface area contributed by atoms with Crippen molar-refractivity contribution in [2.45, 2.75) is 61.5 Å². The van der Waals surface area contributed by atoms with E-state index in [0.717, 1.165) is 46.3 Å². The Balaban J connectivity index is 1.52. The van der Waals surface area contributed by atoms with Gasteiger partial charge in [0.15, 0.2) is 17.6 Å². The van der Waals surface area contributed by atoms with E-state index >= 15 is 0 Å². The molecule has 3 aliphatic heterocycles. The number of aryl methyl sites for hydroxylation is 1. The number of rotatable bonds is 0. The van der Waals surface area contributed by atoms with Crippen molar-refractivity contribution in [3.8, 4) is 11.5 Å². The van der Waals surface area contributed by atoms with Gasteiger partial charge in [-0.05, 0) is 62.2 Å². The maximum absolute atomic E-state index is 14.7. The molecule has 4 heterocycles. The van der Waals surface area contributed by atoms with Crippen LogP contribution in [0.1, 0.15) is 53.0 Å². The normalized spacial score (nSPS) is 35.3. The molecule has 8 rings (SSSR count). The molecule has 7 heteroatoms. The molecule has 2 aromatic carbocycles. The molecule has 1 aromatic heterocycles. The summed E-state index contributed by atoms with van der Waals surface area (Å²) in [6, 6.07) is 6.56. The second-order valence-electron chi connectivity index (χ2n) is 10.7. The summed E-state index contributed by atoms with van der Waals surface area (Å²) in [6.07, 6.45) is 1.12. The number of phenols is 1. The first-order valence-electron chi connectivity index (χ1n) is 11.8. The summed E-state index contributed by atoms with van der Waals surface area (Å²) in [5.74, 6) is 0.227. The Morgan fingerprint density at radius 3 is 2.91 bits per heavy atom. The van der Waals surface area contributed by atoms with Crippen LogP contribution in [0, 0.1) is 5.82 Å². The molecule has 3 N–H and O–H groups in total. The van der Waals surface area contributed by atoms with Crippen LogP contribution < -0.4 is 4.74 Å². The molecular formula is C26H25FN2O4. The highest BCUT2D eigenvalue weighted by atomic mass is 19.1. The third-order valence-electron chi connectivity index (χ3n) is 9.46. The summed E-state index contributed by atoms with van der Waals surface area (Å²) < 4.78 is 23.5. The van der Waals surface area contributed by atoms with Gasteiger partial charge >= 0.3 is 0 Å². The average molecular weight is 448 g/mol. The van der Waals surface area contributed by atoms with E-state index in [1.165, 1.54) is 6.07 Å². The zero-order valence-electron chi connectivity index (χ0n) is 18.3. The number of halogens is 1. The van der Waals surface area contributed by atoms with Gasteiger partial charge in [-0.1, -0.05) is 6.07 Å². The number of likely N-dealkylation sites (tertiary alicyclic amines) is 1. The van der Waals surface area contributed by atoms with Gasteiger partial charge in [0.25, 0.3) is 0 Å². The summed E-state index contributed by atoms with van der Waals surface area (Å²) in [7, 11) is 2.06. The van der Waals surface area contributed by atoms with Crippen molar-refractivity contribution in [1.82, 2.24) is 9.47 Å². The summed E-state index contributed by atoms with van der Waals surface area (Å²) >= 11 is 0. The van der Waals surface area contributed by atoms with Crippen molar-refractivity contribution in [3.05, 3.63) is 58.0 Å². The van der Waals surface area contributed by atoms with Gasteiger partial charge in [0.2, 0.25) is 0 Å². The third-order valence-corrected chi connectivity index (χ3v) is 9.46. The molecule has 5 aliphatic rings. The van der Waals surface area contributed by atoms with Gasteiger partial charge < -0.3 is 29.5 Å². The summed E-state index contributed by atoms with van der Waals surface area (Å²) in [5.41, 5.74) is 3.67. The molecule has 0 amide bonds. The van der Waals surface area contributed by atoms with Crippen LogP contribution in [0.25, 0.3) is 10.9 Å². The van der Waals surface area contributed by atoms with Gasteiger partial charge in [-0.3, -0.25) is 0 Å². The molecule has 0 saturated carbocycles. The lowest BCUT2D eigenvalue weighted by Gasteiger charge is -2.62. The maximum atomic E-state index is 14.7. The Bertz CT molecular complexity index is 1420. The number of aliphatic hydroxyl groups is 2. The maximum Gasteiger partial charge on any atom is 0.166 e. The van der Waals surface area contributed by atoms with Crippen LogP contribution in [0.15, 0.2) is 24.3 Å². The predicted octanol–water partition coefficient (Wildman–Crippen LogP) is 2.84. The standard InChI is InChI=1S/C26H25FN2O4/c1-28-7-5-25-20-12-2-3-18(31)23(20)33-24(25)22-16(11-26(25,32)19(28)8-12)14-9-13(27)10-15-17(30)4-6-29(22)21(14)15/h2-3,9-10,17,19,24,30-32H,4-8,11H2,1H3/t17-,19-,24+,25-,26+/m0/s1. The number of aliphatic hydroxyl groups excluding tert-OH is 1. The number of benzene rings is 2. The number of hydrogen-bond donors (Lipinski definition) is 3. The molecule has 5 atom stereocenters. The van der Waals surface area contributed by atoms with Crippen molar-refractivity contribution in [2.75, 3.05) is 13.6 Å². The number of hydrogen-bond acceptors (Lipinski definition) is 5. The Hall–Kier alpha value is -2.61. The Labute approximate surface area is 189 Å². The highest BCUT2D eigenvalue weighted by Crippen LogP contribution is 2.69. The number of fused-ring (bicyclic) bond motifs is 4. The van der Waals surface area contributed by atoms with Crippen LogP contribution in [0.5, 0.6) is 11.5 Å². The molecule has 2 bridgehead atoms. The van der Waals surface area contributed by atoms with Gasteiger partial charge in [-0.25, -0.2) is 4.39 Å². The third kappa shape index (κ3) is 1.84. The van der Waals surface area contributed by atoms with E-state index in [2.05, 4.69) is 16.5 Å². The lowest BCUT2D eigenvalue weighted by atomic mass is 9.49. The van der Waals surface area contributed by atoms with E-state index < -0.39 is 23.2 Å². The molecule has 33 heavy (non-hydrogen) atoms. The van der Waals surface area contributed by atoms with E-state index in [1.807, 2.05) is 6.07 Å². The van der Waals surface area contributed by atoms with Crippen LogP contribution >= 0.6 is 0 Å². The van der Waals surface area contributed by atoms with Crippen molar-refractivity contribution in [2.24, 2.45) is 0 Å². The highest BCUT2D eigenvalue weighted by Gasteiger charge is 2.72. The quantitative estimate of drug-likeness (QED) is 0.493. The molecule has 0 unspecified atom stereocenters. The molecule has 170 valence electrons. The van der Waals surface area contributed by atoms with Crippen molar-refractivity contribution in [1.29, 1.82) is 0 Å². The topological polar surface area (TPSA) is 78.1 Å². The van der Waals surface area contributed by atoms with Crippen molar-refractivity contribution < 1.29 is 24.4 Å². The number of piperidine rings is 1. The summed E-state index contributed by atoms with van der Waals surface area (Å²) in [5, 5.41) is 34.8. The number of phenolic OH excluding ortho intramolecular Hbond substituents is 1. The second kappa shape index (κ2) is 5.54. The molecule has 3 aromatic rings. The van der Waals surface area contributed by atoms with Crippen LogP contribution in [-0.2, 0) is 24.8 Å². The molecule has 1 spiro atoms. The fourth-order valence-corrected chi connectivity index (χ4v) is 8.15. The molecule has 1 saturated heterocycles. The van der Waals surface area contributed by atoms with Gasteiger partial charge in [0.1, 0.15) is 5.82 Å². The molecule has 1 fully saturated rings. The van der Waals surface area contributed by atoms with Gasteiger partial charge in [-0.15, -0.1) is 0 Å². The van der Waals surface area contributed by atoms with Crippen LogP contribution in [0.3, 0.4) is 0 Å². The summed E-state index contributed by atoms with van der Waals surface area (Å²) in [6.45, 7) is 1.44. The minimum atomic E-state index is -1.11. The molecule has 0 radical (unpaired) electrons. The largest absolute Gasteiger partial charge is 0.504 e. The van der Waals surface area contributed by atoms with Crippen molar-refractivity contribution >= 4 is 10.9 Å². The average Bonchev–Trinajstić information content (AvgIpc) is 3.28. The van der Waals surface area contributed by atoms with E-state index in [9.17, 15) is 19.7 Å². The van der Waals surface area contributed by atoms with E-state index in [1.54, 1.807) is 12.1 Å². The Morgan fingerprint density at radius 2 is 2.06 bits per heavy atom. The zero-order chi connectivity index (χ0) is 22.4. The first-order chi connectivity index (χ1) is 15.8. The Morgan fingerprint density at radius 1 is 1.21 bits per heavy atom. The van der Waals surface area contributed by atoms with Gasteiger partial charge in [0.05, 0.1) is 28.3 Å². The first-order valence-corrected chi connectivity index (χ1v) is 11.8. The SMILES string of the molecule is CN1CC[C@]23c4c5ccc(O)c4O[C@@H]2c2c(c4cc(F)cc6c4n2CC[C@@H]6O)C[C@@]3(O)[C@@H]1C5.